The highest BCUT2D eigenvalue weighted by Crippen LogP contribution is 2.32. The van der Waals surface area contributed by atoms with Gasteiger partial charge in [0.25, 0.3) is 5.91 Å². The minimum atomic E-state index is -0.314. The summed E-state index contributed by atoms with van der Waals surface area (Å²) in [7, 11) is 3.21. The Labute approximate surface area is 172 Å². The summed E-state index contributed by atoms with van der Waals surface area (Å²) in [6, 6.07) is 14.7. The van der Waals surface area contributed by atoms with Crippen LogP contribution in [0.3, 0.4) is 0 Å². The van der Waals surface area contributed by atoms with E-state index in [2.05, 4.69) is 25.6 Å². The van der Waals surface area contributed by atoms with E-state index in [9.17, 15) is 4.79 Å². The molecule has 2 aromatic carbocycles. The molecular formula is C21H20N6O3. The number of rotatable bonds is 7. The molecule has 0 aliphatic carbocycles. The van der Waals surface area contributed by atoms with Gasteiger partial charge in [0.05, 0.1) is 30.7 Å². The number of para-hydroxylation sites is 1. The molecule has 4 rings (SSSR count). The molecule has 0 spiro atoms. The minimum absolute atomic E-state index is 0.314. The van der Waals surface area contributed by atoms with Gasteiger partial charge in [0.15, 0.2) is 5.82 Å². The van der Waals surface area contributed by atoms with Crippen molar-refractivity contribution in [3.63, 3.8) is 0 Å². The Bertz CT molecular complexity index is 1140. The average Bonchev–Trinajstić information content (AvgIpc) is 3.45. The predicted octanol–water partition coefficient (Wildman–Crippen LogP) is 3.06. The Morgan fingerprint density at radius 2 is 1.93 bits per heavy atom. The van der Waals surface area contributed by atoms with Crippen LogP contribution in [0.1, 0.15) is 16.1 Å². The van der Waals surface area contributed by atoms with Crippen molar-refractivity contribution in [1.29, 1.82) is 0 Å². The molecular weight excluding hydrogens is 384 g/mol. The molecule has 30 heavy (non-hydrogen) atoms. The van der Waals surface area contributed by atoms with Crippen LogP contribution in [-0.4, -0.2) is 45.1 Å². The van der Waals surface area contributed by atoms with Crippen LogP contribution in [0.15, 0.2) is 61.2 Å². The van der Waals surface area contributed by atoms with Gasteiger partial charge in [-0.05, 0) is 29.8 Å². The zero-order valence-electron chi connectivity index (χ0n) is 16.5. The molecule has 9 nitrogen and oxygen atoms in total. The lowest BCUT2D eigenvalue weighted by molar-refractivity contribution is 0.102. The molecule has 0 atom stereocenters. The molecule has 1 amide bonds. The maximum absolute atomic E-state index is 13.1. The lowest BCUT2D eigenvalue weighted by atomic mass is 10.0. The van der Waals surface area contributed by atoms with Crippen LogP contribution in [0.5, 0.6) is 5.75 Å². The van der Waals surface area contributed by atoms with Gasteiger partial charge in [-0.15, -0.1) is 0 Å². The predicted molar refractivity (Wildman–Crippen MR) is 111 cm³/mol. The number of nitrogens with one attached hydrogen (secondary N) is 2. The van der Waals surface area contributed by atoms with Crippen molar-refractivity contribution in [3.8, 4) is 22.6 Å². The van der Waals surface area contributed by atoms with Gasteiger partial charge in [-0.3, -0.25) is 9.89 Å². The molecule has 0 saturated carbocycles. The number of hydrogen-bond donors (Lipinski definition) is 2. The number of hydrogen-bond acceptors (Lipinski definition) is 6. The first-order valence-electron chi connectivity index (χ1n) is 9.17. The van der Waals surface area contributed by atoms with Gasteiger partial charge in [0.1, 0.15) is 18.4 Å². The topological polar surface area (TPSA) is 107 Å². The Kier molecular flexibility index (Phi) is 5.53. The second kappa shape index (κ2) is 8.58. The first kappa shape index (κ1) is 19.3. The van der Waals surface area contributed by atoms with Crippen molar-refractivity contribution >= 4 is 11.7 Å². The number of aromatic amines is 1. The number of nitrogens with zero attached hydrogens (tertiary/aromatic N) is 4. The largest absolute Gasteiger partial charge is 0.497 e. The molecule has 2 aromatic heterocycles. The summed E-state index contributed by atoms with van der Waals surface area (Å²) in [5.41, 5.74) is 3.44. The van der Waals surface area contributed by atoms with Crippen molar-refractivity contribution in [1.82, 2.24) is 25.0 Å². The highest BCUT2D eigenvalue weighted by molar-refractivity contribution is 6.08. The van der Waals surface area contributed by atoms with E-state index in [1.54, 1.807) is 43.4 Å². The van der Waals surface area contributed by atoms with Crippen molar-refractivity contribution in [2.75, 3.05) is 19.5 Å². The summed E-state index contributed by atoms with van der Waals surface area (Å²) >= 11 is 0. The number of aromatic nitrogens is 5. The number of methoxy groups -OCH3 is 2. The zero-order valence-corrected chi connectivity index (χ0v) is 16.5. The van der Waals surface area contributed by atoms with E-state index < -0.39 is 0 Å². The van der Waals surface area contributed by atoms with E-state index in [1.807, 2.05) is 30.3 Å². The number of carbonyl (C=O) groups excluding carboxylic acids is 1. The second-order valence-corrected chi connectivity index (χ2v) is 6.40. The first-order chi connectivity index (χ1) is 14.7. The number of amides is 1. The van der Waals surface area contributed by atoms with Gasteiger partial charge in [-0.25, -0.2) is 9.67 Å². The number of ether oxygens (including phenoxy) is 2. The fraction of sp³-hybridized carbons (Fsp3) is 0.143. The standard InChI is InChI=1S/C21H20N6O3/c1-29-11-17-19(14-7-9-15(30-2)10-8-14)20(26-25-17)24-21(28)16-5-3-4-6-18(16)27-13-22-12-23-27/h3-10,12-13H,11H2,1-2H3,(H2,24,25,26,28). The zero-order chi connectivity index (χ0) is 20.9. The summed E-state index contributed by atoms with van der Waals surface area (Å²) in [6.07, 6.45) is 2.96. The fourth-order valence-electron chi connectivity index (χ4n) is 3.16. The highest BCUT2D eigenvalue weighted by atomic mass is 16.5. The highest BCUT2D eigenvalue weighted by Gasteiger charge is 2.20. The van der Waals surface area contributed by atoms with Crippen LogP contribution < -0.4 is 10.1 Å². The number of H-pyrrole nitrogens is 1. The quantitative estimate of drug-likeness (QED) is 0.490. The van der Waals surface area contributed by atoms with E-state index in [0.29, 0.717) is 23.7 Å². The fourth-order valence-corrected chi connectivity index (χ4v) is 3.16. The van der Waals surface area contributed by atoms with Crippen LogP contribution in [-0.2, 0) is 11.3 Å². The molecule has 0 bridgehead atoms. The van der Waals surface area contributed by atoms with Crippen LogP contribution in [0.25, 0.3) is 16.8 Å². The van der Waals surface area contributed by atoms with Crippen LogP contribution >= 0.6 is 0 Å². The van der Waals surface area contributed by atoms with Crippen LogP contribution in [0, 0.1) is 0 Å². The van der Waals surface area contributed by atoms with E-state index in [-0.39, 0.29) is 5.91 Å². The second-order valence-electron chi connectivity index (χ2n) is 6.40. The molecule has 0 radical (unpaired) electrons. The Morgan fingerprint density at radius 3 is 2.63 bits per heavy atom. The minimum Gasteiger partial charge on any atom is -0.497 e. The monoisotopic (exact) mass is 404 g/mol. The van der Waals surface area contributed by atoms with E-state index >= 15 is 0 Å². The molecule has 0 unspecified atom stereocenters. The Morgan fingerprint density at radius 1 is 1.13 bits per heavy atom. The molecule has 2 N–H and O–H groups in total. The molecule has 0 aliphatic rings. The van der Waals surface area contributed by atoms with Crippen molar-refractivity contribution in [2.45, 2.75) is 6.61 Å². The van der Waals surface area contributed by atoms with Gasteiger partial charge in [-0.2, -0.15) is 10.2 Å². The molecule has 0 saturated heterocycles. The Balaban J connectivity index is 1.69. The molecule has 9 heteroatoms. The van der Waals surface area contributed by atoms with Crippen LogP contribution in [0.2, 0.25) is 0 Å². The van der Waals surface area contributed by atoms with E-state index in [0.717, 1.165) is 22.6 Å². The number of anilines is 1. The van der Waals surface area contributed by atoms with Crippen LogP contribution in [0.4, 0.5) is 5.82 Å². The van der Waals surface area contributed by atoms with Crippen molar-refractivity contribution in [2.24, 2.45) is 0 Å². The lowest BCUT2D eigenvalue weighted by Crippen LogP contribution is -2.16. The summed E-state index contributed by atoms with van der Waals surface area (Å²) < 4.78 is 12.1. The molecule has 2 heterocycles. The van der Waals surface area contributed by atoms with Crippen molar-refractivity contribution < 1.29 is 14.3 Å². The molecule has 152 valence electrons. The first-order valence-corrected chi connectivity index (χ1v) is 9.17. The lowest BCUT2D eigenvalue weighted by Gasteiger charge is -2.11. The summed E-state index contributed by atoms with van der Waals surface area (Å²) in [6.45, 7) is 0.319. The maximum Gasteiger partial charge on any atom is 0.259 e. The SMILES string of the molecule is COCc1[nH]nc(NC(=O)c2ccccc2-n2cncn2)c1-c1ccc(OC)cc1. The third-order valence-corrected chi connectivity index (χ3v) is 4.55. The molecule has 0 fully saturated rings. The average molecular weight is 404 g/mol. The van der Waals surface area contributed by atoms with Gasteiger partial charge >= 0.3 is 0 Å². The molecule has 0 aliphatic heterocycles. The summed E-state index contributed by atoms with van der Waals surface area (Å²) in [5, 5.41) is 14.3. The van der Waals surface area contributed by atoms with Gasteiger partial charge in [0.2, 0.25) is 0 Å². The van der Waals surface area contributed by atoms with Gasteiger partial charge in [0, 0.05) is 12.7 Å². The van der Waals surface area contributed by atoms with Gasteiger partial charge in [-0.1, -0.05) is 24.3 Å². The maximum atomic E-state index is 13.1. The third-order valence-electron chi connectivity index (χ3n) is 4.55. The molecule has 4 aromatic rings. The van der Waals surface area contributed by atoms with Gasteiger partial charge < -0.3 is 14.8 Å². The summed E-state index contributed by atoms with van der Waals surface area (Å²) in [5.74, 6) is 0.833. The smallest absolute Gasteiger partial charge is 0.259 e. The number of benzene rings is 2. The van der Waals surface area contributed by atoms with E-state index in [4.69, 9.17) is 9.47 Å². The number of carbonyl (C=O) groups is 1. The Hall–Kier alpha value is -3.98. The van der Waals surface area contributed by atoms with E-state index in [1.165, 1.54) is 6.33 Å². The normalized spacial score (nSPS) is 10.7. The third kappa shape index (κ3) is 3.78. The van der Waals surface area contributed by atoms with Crippen molar-refractivity contribution in [3.05, 3.63) is 72.4 Å². The summed E-state index contributed by atoms with van der Waals surface area (Å²) in [4.78, 5) is 17.1.